The van der Waals surface area contributed by atoms with E-state index in [0.29, 0.717) is 0 Å². The second-order valence-electron chi connectivity index (χ2n) is 5.93. The molecule has 4 heteroatoms. The van der Waals surface area contributed by atoms with Gasteiger partial charge in [0.1, 0.15) is 12.4 Å². The number of aromatic amines is 1. The average molecular weight is 335 g/mol. The number of ether oxygens (including phenoxy) is 1. The molecule has 0 unspecified atom stereocenters. The van der Waals surface area contributed by atoms with E-state index < -0.39 is 0 Å². The van der Waals surface area contributed by atoms with Crippen molar-refractivity contribution in [3.05, 3.63) is 59.8 Å². The lowest BCUT2D eigenvalue weighted by Gasteiger charge is -2.17. The molecule has 0 amide bonds. The molecule has 0 fully saturated rings. The zero-order chi connectivity index (χ0) is 17.5. The maximum absolute atomic E-state index is 5.82. The van der Waals surface area contributed by atoms with Crippen LogP contribution in [0, 0.1) is 0 Å². The van der Waals surface area contributed by atoms with E-state index in [4.69, 9.17) is 4.74 Å². The van der Waals surface area contributed by atoms with Gasteiger partial charge in [0.2, 0.25) is 0 Å². The quantitative estimate of drug-likeness (QED) is 0.661. The summed E-state index contributed by atoms with van der Waals surface area (Å²) in [4.78, 5) is 2.35. The number of hydrogen-bond donors (Lipinski definition) is 1. The van der Waals surface area contributed by atoms with Crippen molar-refractivity contribution in [1.29, 1.82) is 0 Å². The van der Waals surface area contributed by atoms with Gasteiger partial charge in [-0.3, -0.25) is 5.10 Å². The Morgan fingerprint density at radius 2 is 1.76 bits per heavy atom. The number of aromatic nitrogens is 2. The van der Waals surface area contributed by atoms with Gasteiger partial charge in [0.05, 0.1) is 11.2 Å². The summed E-state index contributed by atoms with van der Waals surface area (Å²) in [6, 6.07) is 16.3. The largest absolute Gasteiger partial charge is 0.492 e. The molecule has 1 N–H and O–H groups in total. The number of rotatable bonds is 8. The minimum absolute atomic E-state index is 0.718. The summed E-state index contributed by atoms with van der Waals surface area (Å²) in [7, 11) is 0. The van der Waals surface area contributed by atoms with E-state index in [2.05, 4.69) is 53.2 Å². The first-order valence-corrected chi connectivity index (χ1v) is 8.86. The Balaban J connectivity index is 1.59. The SMILES string of the molecule is CCN(CC)CCOc1ccc(C=Cc2n[nH]c3ccccc23)cc1. The number of fused-ring (bicyclic) bond motifs is 1. The molecule has 25 heavy (non-hydrogen) atoms. The number of nitrogens with one attached hydrogen (secondary N) is 1. The first kappa shape index (κ1) is 17.2. The monoisotopic (exact) mass is 335 g/mol. The zero-order valence-electron chi connectivity index (χ0n) is 14.9. The third kappa shape index (κ3) is 4.48. The van der Waals surface area contributed by atoms with Crippen molar-refractivity contribution in [2.75, 3.05) is 26.2 Å². The summed E-state index contributed by atoms with van der Waals surface area (Å²) >= 11 is 0. The van der Waals surface area contributed by atoms with Crippen LogP contribution in [0.2, 0.25) is 0 Å². The topological polar surface area (TPSA) is 41.1 Å². The zero-order valence-corrected chi connectivity index (χ0v) is 14.9. The maximum atomic E-state index is 5.82. The van der Waals surface area contributed by atoms with Crippen molar-refractivity contribution < 1.29 is 4.74 Å². The molecule has 0 saturated heterocycles. The number of nitrogens with zero attached hydrogens (tertiary/aromatic N) is 2. The van der Waals surface area contributed by atoms with E-state index in [1.807, 2.05) is 36.4 Å². The Morgan fingerprint density at radius 3 is 2.52 bits per heavy atom. The third-order valence-electron chi connectivity index (χ3n) is 4.38. The fourth-order valence-corrected chi connectivity index (χ4v) is 2.79. The van der Waals surface area contributed by atoms with Crippen LogP contribution in [0.5, 0.6) is 5.75 Å². The molecule has 0 aliphatic rings. The van der Waals surface area contributed by atoms with Gasteiger partial charge in [-0.1, -0.05) is 50.3 Å². The van der Waals surface area contributed by atoms with Crippen LogP contribution >= 0.6 is 0 Å². The molecule has 3 aromatic rings. The second-order valence-corrected chi connectivity index (χ2v) is 5.93. The lowest BCUT2D eigenvalue weighted by molar-refractivity contribution is 0.223. The van der Waals surface area contributed by atoms with Crippen LogP contribution in [-0.4, -0.2) is 41.3 Å². The van der Waals surface area contributed by atoms with Crippen LogP contribution in [0.3, 0.4) is 0 Å². The summed E-state index contributed by atoms with van der Waals surface area (Å²) in [5.41, 5.74) is 3.14. The van der Waals surface area contributed by atoms with E-state index in [1.54, 1.807) is 0 Å². The predicted octanol–water partition coefficient (Wildman–Crippen LogP) is 4.45. The van der Waals surface area contributed by atoms with Gasteiger partial charge in [0, 0.05) is 11.9 Å². The fraction of sp³-hybridized carbons (Fsp3) is 0.286. The van der Waals surface area contributed by atoms with Gasteiger partial charge in [0.15, 0.2) is 0 Å². The first-order valence-electron chi connectivity index (χ1n) is 8.86. The molecular formula is C21H25N3O. The van der Waals surface area contributed by atoms with Crippen LogP contribution in [0.25, 0.3) is 23.1 Å². The number of likely N-dealkylation sites (N-methyl/N-ethyl adjacent to an activating group) is 1. The van der Waals surface area contributed by atoms with Crippen molar-refractivity contribution in [3.63, 3.8) is 0 Å². The van der Waals surface area contributed by atoms with Gasteiger partial charge in [-0.05, 0) is 42.9 Å². The lowest BCUT2D eigenvalue weighted by atomic mass is 10.1. The summed E-state index contributed by atoms with van der Waals surface area (Å²) in [6.07, 6.45) is 4.11. The summed E-state index contributed by atoms with van der Waals surface area (Å²) in [5, 5.41) is 8.54. The van der Waals surface area contributed by atoms with Gasteiger partial charge in [-0.25, -0.2) is 0 Å². The van der Waals surface area contributed by atoms with Crippen molar-refractivity contribution in [2.24, 2.45) is 0 Å². The lowest BCUT2D eigenvalue weighted by Crippen LogP contribution is -2.27. The molecule has 1 aromatic heterocycles. The van der Waals surface area contributed by atoms with Gasteiger partial charge >= 0.3 is 0 Å². The maximum Gasteiger partial charge on any atom is 0.119 e. The number of benzene rings is 2. The average Bonchev–Trinajstić information content (AvgIpc) is 3.08. The molecule has 4 nitrogen and oxygen atoms in total. The van der Waals surface area contributed by atoms with Crippen LogP contribution in [0.4, 0.5) is 0 Å². The highest BCUT2D eigenvalue weighted by Gasteiger charge is 2.01. The highest BCUT2D eigenvalue weighted by molar-refractivity contribution is 5.89. The smallest absolute Gasteiger partial charge is 0.119 e. The normalized spacial score (nSPS) is 11.6. The summed E-state index contributed by atoms with van der Waals surface area (Å²) in [6.45, 7) is 8.15. The van der Waals surface area contributed by atoms with Crippen LogP contribution in [0.1, 0.15) is 25.1 Å². The highest BCUT2D eigenvalue weighted by atomic mass is 16.5. The Morgan fingerprint density at radius 1 is 1.00 bits per heavy atom. The molecule has 130 valence electrons. The molecule has 0 saturated carbocycles. The van der Waals surface area contributed by atoms with E-state index in [-0.39, 0.29) is 0 Å². The predicted molar refractivity (Wildman–Crippen MR) is 105 cm³/mol. The minimum Gasteiger partial charge on any atom is -0.492 e. The molecule has 0 aliphatic heterocycles. The van der Waals surface area contributed by atoms with E-state index in [1.165, 1.54) is 0 Å². The van der Waals surface area contributed by atoms with Gasteiger partial charge < -0.3 is 9.64 Å². The summed E-state index contributed by atoms with van der Waals surface area (Å²) in [5.74, 6) is 0.912. The standard InChI is InChI=1S/C21H25N3O/c1-3-24(4-2)15-16-25-18-12-9-17(10-13-18)11-14-21-19-7-5-6-8-20(19)22-23-21/h5-14H,3-4,15-16H2,1-2H3,(H,22,23). The van der Waals surface area contributed by atoms with Gasteiger partial charge in [-0.2, -0.15) is 5.10 Å². The van der Waals surface area contributed by atoms with Gasteiger partial charge in [0.25, 0.3) is 0 Å². The second kappa shape index (κ2) is 8.49. The van der Waals surface area contributed by atoms with Crippen LogP contribution in [0.15, 0.2) is 48.5 Å². The van der Waals surface area contributed by atoms with Crippen molar-refractivity contribution >= 4 is 23.1 Å². The van der Waals surface area contributed by atoms with Crippen LogP contribution < -0.4 is 4.74 Å². The molecule has 3 rings (SSSR count). The molecular weight excluding hydrogens is 310 g/mol. The Labute approximate surface area is 149 Å². The molecule has 0 aliphatic carbocycles. The van der Waals surface area contributed by atoms with E-state index in [0.717, 1.165) is 54.2 Å². The highest BCUT2D eigenvalue weighted by Crippen LogP contribution is 2.18. The molecule has 1 heterocycles. The molecule has 2 aromatic carbocycles. The molecule has 0 atom stereocenters. The van der Waals surface area contributed by atoms with Gasteiger partial charge in [-0.15, -0.1) is 0 Å². The molecule has 0 radical (unpaired) electrons. The van der Waals surface area contributed by atoms with Crippen molar-refractivity contribution in [2.45, 2.75) is 13.8 Å². The number of para-hydroxylation sites is 1. The minimum atomic E-state index is 0.718. The Kier molecular flexibility index (Phi) is 5.86. The summed E-state index contributed by atoms with van der Waals surface area (Å²) < 4.78 is 5.82. The van der Waals surface area contributed by atoms with Crippen molar-refractivity contribution in [3.8, 4) is 5.75 Å². The first-order chi connectivity index (χ1) is 12.3. The molecule has 0 spiro atoms. The Hall–Kier alpha value is -2.59. The third-order valence-corrected chi connectivity index (χ3v) is 4.38. The number of H-pyrrole nitrogens is 1. The van der Waals surface area contributed by atoms with Crippen molar-refractivity contribution in [1.82, 2.24) is 15.1 Å². The van der Waals surface area contributed by atoms with Crippen LogP contribution in [-0.2, 0) is 0 Å². The fourth-order valence-electron chi connectivity index (χ4n) is 2.79. The number of hydrogen-bond acceptors (Lipinski definition) is 3. The van der Waals surface area contributed by atoms with E-state index in [9.17, 15) is 0 Å². The Bertz CT molecular complexity index is 817. The van der Waals surface area contributed by atoms with E-state index >= 15 is 0 Å². The molecule has 0 bridgehead atoms.